The maximum atomic E-state index is 13.4. The van der Waals surface area contributed by atoms with Gasteiger partial charge >= 0.3 is 6.03 Å². The summed E-state index contributed by atoms with van der Waals surface area (Å²) in [5.41, 5.74) is 0.706. The summed E-state index contributed by atoms with van der Waals surface area (Å²) in [6.45, 7) is 1.88. The molecule has 0 bridgehead atoms. The van der Waals surface area contributed by atoms with Gasteiger partial charge in [-0.2, -0.15) is 0 Å². The fourth-order valence-electron chi connectivity index (χ4n) is 3.25. The van der Waals surface area contributed by atoms with Crippen LogP contribution < -0.4 is 15.5 Å². The number of rotatable bonds is 13. The van der Waals surface area contributed by atoms with Crippen LogP contribution in [0.15, 0.2) is 49.2 Å². The first kappa shape index (κ1) is 26.3. The van der Waals surface area contributed by atoms with Crippen LogP contribution in [0, 0.1) is 5.82 Å². The van der Waals surface area contributed by atoms with Crippen molar-refractivity contribution in [3.63, 3.8) is 0 Å². The van der Waals surface area contributed by atoms with E-state index in [-0.39, 0.29) is 37.5 Å². The normalized spacial score (nSPS) is 11.0. The zero-order chi connectivity index (χ0) is 25.0. The number of aryl methyl sites for hydroxylation is 1. The maximum absolute atomic E-state index is 13.4. The summed E-state index contributed by atoms with van der Waals surface area (Å²) in [6, 6.07) is 5.03. The fourth-order valence-corrected chi connectivity index (χ4v) is 4.08. The number of ether oxygens (including phenoxy) is 2. The van der Waals surface area contributed by atoms with Crippen molar-refractivity contribution in [3.05, 3.63) is 65.4 Å². The zero-order valence-electron chi connectivity index (χ0n) is 19.6. The number of methoxy groups -OCH3 is 2. The molecule has 0 aliphatic heterocycles. The monoisotopic (exact) mass is 504 g/mol. The van der Waals surface area contributed by atoms with Crippen molar-refractivity contribution in [2.75, 3.05) is 38.9 Å². The van der Waals surface area contributed by atoms with E-state index in [0.29, 0.717) is 22.1 Å². The molecule has 2 aromatic heterocycles. The Bertz CT molecular complexity index is 1050. The van der Waals surface area contributed by atoms with Crippen molar-refractivity contribution in [1.29, 1.82) is 0 Å². The first-order valence-corrected chi connectivity index (χ1v) is 11.8. The lowest BCUT2D eigenvalue weighted by Crippen LogP contribution is -2.48. The molecule has 0 unspecified atom stereocenters. The molecular formula is C23H29FN6O4S. The van der Waals surface area contributed by atoms with E-state index in [1.165, 1.54) is 37.4 Å². The van der Waals surface area contributed by atoms with Gasteiger partial charge in [0.05, 0.1) is 38.3 Å². The Morgan fingerprint density at radius 1 is 1.20 bits per heavy atom. The number of aromatic nitrogens is 3. The highest BCUT2D eigenvalue weighted by atomic mass is 32.1. The quantitative estimate of drug-likeness (QED) is 0.346. The van der Waals surface area contributed by atoms with Crippen molar-refractivity contribution in [2.45, 2.75) is 25.6 Å². The second kappa shape index (κ2) is 13.5. The molecule has 0 saturated heterocycles. The molecule has 35 heavy (non-hydrogen) atoms. The van der Waals surface area contributed by atoms with Crippen LogP contribution in [-0.4, -0.2) is 66.5 Å². The number of carbonyl (C=O) groups excluding carboxylic acids is 2. The summed E-state index contributed by atoms with van der Waals surface area (Å²) in [7, 11) is 3.07. The van der Waals surface area contributed by atoms with Crippen molar-refractivity contribution in [3.8, 4) is 0 Å². The van der Waals surface area contributed by atoms with E-state index in [9.17, 15) is 14.0 Å². The van der Waals surface area contributed by atoms with Crippen molar-refractivity contribution in [2.24, 2.45) is 0 Å². The molecule has 0 aliphatic rings. The first-order chi connectivity index (χ1) is 17.0. The average molecular weight is 505 g/mol. The van der Waals surface area contributed by atoms with Gasteiger partial charge in [0.2, 0.25) is 0 Å². The lowest BCUT2D eigenvalue weighted by Gasteiger charge is -2.24. The number of amides is 3. The molecule has 2 N–H and O–H groups in total. The number of hydrogen-bond donors (Lipinski definition) is 2. The van der Waals surface area contributed by atoms with Crippen molar-refractivity contribution < 1.29 is 23.5 Å². The van der Waals surface area contributed by atoms with Crippen LogP contribution in [-0.2, 0) is 22.6 Å². The molecule has 0 atom stereocenters. The van der Waals surface area contributed by atoms with Crippen molar-refractivity contribution in [1.82, 2.24) is 25.2 Å². The summed E-state index contributed by atoms with van der Waals surface area (Å²) in [5, 5.41) is 6.07. The van der Waals surface area contributed by atoms with Crippen LogP contribution in [0.5, 0.6) is 0 Å². The standard InChI is InChI=1S/C23H29FN6O4S/c1-33-14-19(15-34-2)28-22(32)30(13-17-4-6-18(24)7-5-17)23-27-12-20(35-23)21(31)26-8-3-10-29-11-9-25-16-29/h4-7,9,11-12,16,19H,3,8,10,13-15H2,1-2H3,(H,26,31)(H,28,32). The lowest BCUT2D eigenvalue weighted by atomic mass is 10.2. The number of halogens is 1. The molecule has 0 radical (unpaired) electrons. The van der Waals surface area contributed by atoms with Crippen LogP contribution in [0.2, 0.25) is 0 Å². The Hall–Kier alpha value is -3.35. The first-order valence-electron chi connectivity index (χ1n) is 11.0. The Kier molecular flexibility index (Phi) is 10.1. The molecule has 3 aromatic rings. The van der Waals surface area contributed by atoms with Crippen LogP contribution in [0.25, 0.3) is 0 Å². The van der Waals surface area contributed by atoms with E-state index in [4.69, 9.17) is 9.47 Å². The molecule has 12 heteroatoms. The van der Waals surface area contributed by atoms with Crippen LogP contribution in [0.4, 0.5) is 14.3 Å². The maximum Gasteiger partial charge on any atom is 0.324 e. The Labute approximate surface area is 207 Å². The molecule has 3 rings (SSSR count). The number of thiazole rings is 1. The smallest absolute Gasteiger partial charge is 0.324 e. The van der Waals surface area contributed by atoms with E-state index in [2.05, 4.69) is 20.6 Å². The molecule has 0 spiro atoms. The van der Waals surface area contributed by atoms with Crippen LogP contribution in [0.3, 0.4) is 0 Å². The van der Waals surface area contributed by atoms with E-state index < -0.39 is 6.03 Å². The number of imidazole rings is 1. The molecule has 2 heterocycles. The molecule has 1 aromatic carbocycles. The third-order valence-corrected chi connectivity index (χ3v) is 5.97. The lowest BCUT2D eigenvalue weighted by molar-refractivity contribution is 0.0956. The summed E-state index contributed by atoms with van der Waals surface area (Å²) in [5.74, 6) is -0.635. The van der Waals surface area contributed by atoms with Gasteiger partial charge < -0.3 is 24.7 Å². The summed E-state index contributed by atoms with van der Waals surface area (Å²) < 4.78 is 25.6. The predicted molar refractivity (Wildman–Crippen MR) is 130 cm³/mol. The van der Waals surface area contributed by atoms with Gasteiger partial charge in [-0.25, -0.2) is 19.2 Å². The fraction of sp³-hybridized carbons (Fsp3) is 0.391. The Morgan fingerprint density at radius 2 is 1.94 bits per heavy atom. The van der Waals surface area contributed by atoms with Gasteiger partial charge in [0.1, 0.15) is 10.7 Å². The van der Waals surface area contributed by atoms with Gasteiger partial charge in [-0.05, 0) is 24.1 Å². The number of nitrogens with zero attached hydrogens (tertiary/aromatic N) is 4. The molecule has 188 valence electrons. The van der Waals surface area contributed by atoms with Gasteiger partial charge in [0, 0.05) is 39.7 Å². The van der Waals surface area contributed by atoms with E-state index >= 15 is 0 Å². The van der Waals surface area contributed by atoms with Crippen LogP contribution in [0.1, 0.15) is 21.7 Å². The van der Waals surface area contributed by atoms with E-state index in [0.717, 1.165) is 24.3 Å². The van der Waals surface area contributed by atoms with Gasteiger partial charge in [-0.15, -0.1) is 0 Å². The third kappa shape index (κ3) is 8.12. The topological polar surface area (TPSA) is 111 Å². The number of hydrogen-bond acceptors (Lipinski definition) is 7. The number of nitrogens with one attached hydrogen (secondary N) is 2. The van der Waals surface area contributed by atoms with E-state index in [1.807, 2.05) is 10.8 Å². The van der Waals surface area contributed by atoms with Crippen molar-refractivity contribution >= 4 is 28.4 Å². The molecule has 0 fully saturated rings. The molecule has 3 amide bonds. The summed E-state index contributed by atoms with van der Waals surface area (Å²) in [4.78, 5) is 35.9. The summed E-state index contributed by atoms with van der Waals surface area (Å²) >= 11 is 1.10. The predicted octanol–water partition coefficient (Wildman–Crippen LogP) is 2.68. The van der Waals surface area contributed by atoms with Gasteiger partial charge in [0.25, 0.3) is 5.91 Å². The average Bonchev–Trinajstić information content (AvgIpc) is 3.54. The zero-order valence-corrected chi connectivity index (χ0v) is 20.5. The number of anilines is 1. The SMILES string of the molecule is COCC(COC)NC(=O)N(Cc1ccc(F)cc1)c1ncc(C(=O)NCCCn2ccnc2)s1. The Morgan fingerprint density at radius 3 is 2.60 bits per heavy atom. The van der Waals surface area contributed by atoms with Gasteiger partial charge in [-0.3, -0.25) is 9.69 Å². The molecule has 10 nitrogen and oxygen atoms in total. The molecular weight excluding hydrogens is 475 g/mol. The molecule has 0 saturated carbocycles. The second-order valence-corrected chi connectivity index (χ2v) is 8.70. The van der Waals surface area contributed by atoms with Gasteiger partial charge in [0.15, 0.2) is 5.13 Å². The number of urea groups is 1. The minimum atomic E-state index is -0.435. The number of carbonyl (C=O) groups is 2. The number of benzene rings is 1. The highest BCUT2D eigenvalue weighted by molar-refractivity contribution is 7.17. The highest BCUT2D eigenvalue weighted by Gasteiger charge is 2.24. The third-order valence-electron chi connectivity index (χ3n) is 4.95. The van der Waals surface area contributed by atoms with Gasteiger partial charge in [-0.1, -0.05) is 23.5 Å². The highest BCUT2D eigenvalue weighted by Crippen LogP contribution is 2.25. The van der Waals surface area contributed by atoms with E-state index in [1.54, 1.807) is 24.7 Å². The van der Waals surface area contributed by atoms with Crippen LogP contribution >= 0.6 is 11.3 Å². The largest absolute Gasteiger partial charge is 0.382 e. The molecule has 0 aliphatic carbocycles. The minimum absolute atomic E-state index is 0.137. The second-order valence-electron chi connectivity index (χ2n) is 7.69. The Balaban J connectivity index is 1.68. The summed E-state index contributed by atoms with van der Waals surface area (Å²) in [6.07, 6.45) is 7.48. The minimum Gasteiger partial charge on any atom is -0.382 e.